The maximum Gasteiger partial charge on any atom is 0.340 e. The summed E-state index contributed by atoms with van der Waals surface area (Å²) >= 11 is 6.63. The summed E-state index contributed by atoms with van der Waals surface area (Å²) in [5, 5.41) is 5.73. The Morgan fingerprint density at radius 3 is 3.04 bits per heavy atom. The van der Waals surface area contributed by atoms with Crippen LogP contribution in [0, 0.1) is 0 Å². The summed E-state index contributed by atoms with van der Waals surface area (Å²) in [6.07, 6.45) is 1.68. The minimum absolute atomic E-state index is 0.168. The monoisotopic (exact) mass is 418 g/mol. The van der Waals surface area contributed by atoms with Gasteiger partial charge in [0.05, 0.1) is 16.1 Å². The Labute approximate surface area is 154 Å². The van der Waals surface area contributed by atoms with Gasteiger partial charge in [0.15, 0.2) is 0 Å². The molecule has 1 N–H and O–H groups in total. The van der Waals surface area contributed by atoms with Gasteiger partial charge in [-0.2, -0.15) is 0 Å². The molecule has 0 bridgehead atoms. The smallest absolute Gasteiger partial charge is 0.340 e. The minimum Gasteiger partial charge on any atom is -0.455 e. The molecule has 0 spiro atoms. The van der Waals surface area contributed by atoms with Gasteiger partial charge in [-0.3, -0.25) is 0 Å². The zero-order valence-corrected chi connectivity index (χ0v) is 15.5. The Morgan fingerprint density at radius 1 is 1.29 bits per heavy atom. The van der Waals surface area contributed by atoms with Crippen LogP contribution in [0.5, 0.6) is 0 Å². The number of ether oxygens (including phenoxy) is 1. The third kappa shape index (κ3) is 3.02. The molecule has 0 radical (unpaired) electrons. The zero-order chi connectivity index (χ0) is 16.5. The van der Waals surface area contributed by atoms with Crippen LogP contribution in [0.1, 0.15) is 16.1 Å². The largest absolute Gasteiger partial charge is 0.455 e. The van der Waals surface area contributed by atoms with Gasteiger partial charge < -0.3 is 9.72 Å². The molecule has 0 amide bonds. The van der Waals surface area contributed by atoms with Crippen LogP contribution in [0.4, 0.5) is 0 Å². The average Bonchev–Trinajstić information content (AvgIpc) is 3.31. The summed E-state index contributed by atoms with van der Waals surface area (Å²) in [5.41, 5.74) is 2.19. The number of nitrogens with zero attached hydrogens (tertiary/aromatic N) is 1. The highest BCUT2D eigenvalue weighted by molar-refractivity contribution is 9.10. The molecular formula is C17H11BrN2O2S2. The molecule has 4 rings (SSSR count). The second kappa shape index (κ2) is 6.51. The van der Waals surface area contributed by atoms with Crippen molar-refractivity contribution in [2.75, 3.05) is 0 Å². The molecule has 7 heteroatoms. The molecule has 24 heavy (non-hydrogen) atoms. The topological polar surface area (TPSA) is 55.0 Å². The van der Waals surface area contributed by atoms with Gasteiger partial charge >= 0.3 is 5.97 Å². The molecule has 4 nitrogen and oxygen atoms in total. The maximum absolute atomic E-state index is 12.4. The lowest BCUT2D eigenvalue weighted by Gasteiger charge is -2.02. The first kappa shape index (κ1) is 15.6. The van der Waals surface area contributed by atoms with Crippen molar-refractivity contribution in [3.05, 3.63) is 63.0 Å². The SMILES string of the molecule is O=C(OCc1csc(-c2cccs2)n1)c1c[nH]c2ccc(Br)cc12. The van der Waals surface area contributed by atoms with Crippen LogP contribution in [0.2, 0.25) is 0 Å². The Kier molecular flexibility index (Phi) is 4.22. The number of benzene rings is 1. The minimum atomic E-state index is -0.356. The Hall–Kier alpha value is -1.96. The van der Waals surface area contributed by atoms with Crippen molar-refractivity contribution in [1.29, 1.82) is 0 Å². The second-order valence-electron chi connectivity index (χ2n) is 5.09. The molecule has 3 heterocycles. The van der Waals surface area contributed by atoms with E-state index < -0.39 is 0 Å². The number of fused-ring (bicyclic) bond motifs is 1. The fraction of sp³-hybridized carbons (Fsp3) is 0.0588. The van der Waals surface area contributed by atoms with Crippen LogP contribution >= 0.6 is 38.6 Å². The van der Waals surface area contributed by atoms with Crippen molar-refractivity contribution in [3.8, 4) is 9.88 Å². The van der Waals surface area contributed by atoms with E-state index in [0.717, 1.165) is 31.0 Å². The van der Waals surface area contributed by atoms with E-state index in [-0.39, 0.29) is 12.6 Å². The highest BCUT2D eigenvalue weighted by Crippen LogP contribution is 2.28. The highest BCUT2D eigenvalue weighted by atomic mass is 79.9. The molecule has 0 aliphatic rings. The summed E-state index contributed by atoms with van der Waals surface area (Å²) in [5.74, 6) is -0.356. The molecule has 0 unspecified atom stereocenters. The number of rotatable bonds is 4. The summed E-state index contributed by atoms with van der Waals surface area (Å²) in [6, 6.07) is 9.78. The molecule has 0 aliphatic heterocycles. The molecule has 0 atom stereocenters. The van der Waals surface area contributed by atoms with Gasteiger partial charge in [-0.1, -0.05) is 22.0 Å². The predicted molar refractivity (Wildman–Crippen MR) is 101 cm³/mol. The van der Waals surface area contributed by atoms with E-state index in [2.05, 4.69) is 25.9 Å². The third-order valence-electron chi connectivity index (χ3n) is 3.50. The number of H-pyrrole nitrogens is 1. The lowest BCUT2D eigenvalue weighted by molar-refractivity contribution is 0.0471. The molecule has 0 saturated heterocycles. The number of thiazole rings is 1. The molecular weight excluding hydrogens is 408 g/mol. The number of hydrogen-bond acceptors (Lipinski definition) is 5. The number of carbonyl (C=O) groups excluding carboxylic acids is 1. The number of esters is 1. The van der Waals surface area contributed by atoms with Gasteiger partial charge in [-0.15, -0.1) is 22.7 Å². The van der Waals surface area contributed by atoms with E-state index in [1.807, 2.05) is 41.1 Å². The first-order valence-corrected chi connectivity index (χ1v) is 9.68. The van der Waals surface area contributed by atoms with Gasteiger partial charge in [-0.25, -0.2) is 9.78 Å². The second-order valence-corrected chi connectivity index (χ2v) is 7.81. The van der Waals surface area contributed by atoms with Gasteiger partial charge in [0.25, 0.3) is 0 Å². The lowest BCUT2D eigenvalue weighted by atomic mass is 10.2. The Morgan fingerprint density at radius 2 is 2.21 bits per heavy atom. The van der Waals surface area contributed by atoms with Gasteiger partial charge in [0.1, 0.15) is 11.6 Å². The quantitative estimate of drug-likeness (QED) is 0.446. The van der Waals surface area contributed by atoms with Crippen molar-refractivity contribution < 1.29 is 9.53 Å². The average molecular weight is 419 g/mol. The normalized spacial score (nSPS) is 11.0. The molecule has 120 valence electrons. The number of thiophene rings is 1. The summed E-state index contributed by atoms with van der Waals surface area (Å²) in [7, 11) is 0. The predicted octanol–water partition coefficient (Wildman–Crippen LogP) is 5.47. The first-order valence-electron chi connectivity index (χ1n) is 7.13. The summed E-state index contributed by atoms with van der Waals surface area (Å²) in [4.78, 5) is 21.1. The van der Waals surface area contributed by atoms with Crippen molar-refractivity contribution in [2.45, 2.75) is 6.61 Å². The zero-order valence-electron chi connectivity index (χ0n) is 12.3. The van der Waals surface area contributed by atoms with Crippen molar-refractivity contribution in [1.82, 2.24) is 9.97 Å². The number of aromatic nitrogens is 2. The van der Waals surface area contributed by atoms with E-state index >= 15 is 0 Å². The van der Waals surface area contributed by atoms with Crippen LogP contribution in [0.25, 0.3) is 20.8 Å². The fourth-order valence-corrected chi connectivity index (χ4v) is 4.35. The van der Waals surface area contributed by atoms with Crippen molar-refractivity contribution in [2.24, 2.45) is 0 Å². The molecule has 0 saturated carbocycles. The van der Waals surface area contributed by atoms with Gasteiger partial charge in [0, 0.05) is 27.0 Å². The van der Waals surface area contributed by atoms with E-state index in [4.69, 9.17) is 4.74 Å². The van der Waals surface area contributed by atoms with E-state index in [1.165, 1.54) is 0 Å². The van der Waals surface area contributed by atoms with Crippen LogP contribution in [-0.2, 0) is 11.3 Å². The van der Waals surface area contributed by atoms with Gasteiger partial charge in [-0.05, 0) is 29.6 Å². The van der Waals surface area contributed by atoms with E-state index in [1.54, 1.807) is 28.9 Å². The Bertz CT molecular complexity index is 1000. The standard InChI is InChI=1S/C17H11BrN2O2S2/c18-10-3-4-14-12(6-10)13(7-19-14)17(21)22-8-11-9-24-16(20-11)15-2-1-5-23-15/h1-7,9,19H,8H2. The lowest BCUT2D eigenvalue weighted by Crippen LogP contribution is -2.04. The number of nitrogens with one attached hydrogen (secondary N) is 1. The number of halogens is 1. The Balaban J connectivity index is 1.49. The van der Waals surface area contributed by atoms with Crippen LogP contribution in [0.15, 0.2) is 51.8 Å². The van der Waals surface area contributed by atoms with Crippen LogP contribution in [-0.4, -0.2) is 15.9 Å². The molecule has 0 fully saturated rings. The third-order valence-corrected chi connectivity index (χ3v) is 5.92. The summed E-state index contributed by atoms with van der Waals surface area (Å²) in [6.45, 7) is 0.168. The number of aromatic amines is 1. The van der Waals surface area contributed by atoms with Crippen LogP contribution in [0.3, 0.4) is 0 Å². The molecule has 0 aliphatic carbocycles. The fourth-order valence-electron chi connectivity index (χ4n) is 2.37. The van der Waals surface area contributed by atoms with E-state index in [9.17, 15) is 4.79 Å². The maximum atomic E-state index is 12.4. The van der Waals surface area contributed by atoms with Crippen molar-refractivity contribution >= 4 is 55.5 Å². The van der Waals surface area contributed by atoms with Crippen LogP contribution < -0.4 is 0 Å². The van der Waals surface area contributed by atoms with Gasteiger partial charge in [0.2, 0.25) is 0 Å². The number of hydrogen-bond donors (Lipinski definition) is 1. The highest BCUT2D eigenvalue weighted by Gasteiger charge is 2.15. The summed E-state index contributed by atoms with van der Waals surface area (Å²) < 4.78 is 6.34. The first-order chi connectivity index (χ1) is 11.7. The number of carbonyl (C=O) groups is 1. The molecule has 3 aromatic heterocycles. The van der Waals surface area contributed by atoms with E-state index in [0.29, 0.717) is 5.56 Å². The molecule has 4 aromatic rings. The van der Waals surface area contributed by atoms with Crippen molar-refractivity contribution in [3.63, 3.8) is 0 Å². The molecule has 1 aromatic carbocycles.